The SMILES string of the molecule is C=C(F)C(=O)OCCC.C=CC(=O)OCCCCCCOc1ccc(C(=O)OC2=CC=C(C3=CC=C(c4ccc(OC)cc4)CC3)CC2C)cc1. The largest absolute Gasteiger partial charge is 0.497 e. The molecule has 0 bridgehead atoms. The van der Waals surface area contributed by atoms with Crippen molar-refractivity contribution in [2.75, 3.05) is 26.9 Å². The van der Waals surface area contributed by atoms with Crippen LogP contribution in [0.3, 0.4) is 0 Å². The van der Waals surface area contributed by atoms with E-state index in [1.807, 2.05) is 25.1 Å². The molecule has 0 amide bonds. The second kappa shape index (κ2) is 21.8. The predicted molar refractivity (Wildman–Crippen MR) is 197 cm³/mol. The first-order valence-electron chi connectivity index (χ1n) is 17.4. The zero-order valence-corrected chi connectivity index (χ0v) is 29.9. The molecule has 0 aliphatic heterocycles. The van der Waals surface area contributed by atoms with Crippen molar-refractivity contribution in [3.63, 3.8) is 0 Å². The highest BCUT2D eigenvalue weighted by atomic mass is 19.1. The Kier molecular flexibility index (Phi) is 17.2. The summed E-state index contributed by atoms with van der Waals surface area (Å²) in [5.41, 5.74) is 5.68. The average Bonchev–Trinajstić information content (AvgIpc) is 3.16. The molecule has 4 rings (SSSR count). The van der Waals surface area contributed by atoms with Crippen LogP contribution < -0.4 is 9.47 Å². The van der Waals surface area contributed by atoms with Gasteiger partial charge in [-0.15, -0.1) is 0 Å². The fourth-order valence-electron chi connectivity index (χ4n) is 5.27. The van der Waals surface area contributed by atoms with Crippen LogP contribution in [-0.2, 0) is 23.8 Å². The summed E-state index contributed by atoms with van der Waals surface area (Å²) < 4.78 is 37.9. The summed E-state index contributed by atoms with van der Waals surface area (Å²) in [5.74, 6) is -0.365. The lowest BCUT2D eigenvalue weighted by Gasteiger charge is -2.24. The lowest BCUT2D eigenvalue weighted by atomic mass is 9.84. The van der Waals surface area contributed by atoms with Crippen molar-refractivity contribution in [1.82, 2.24) is 0 Å². The van der Waals surface area contributed by atoms with Gasteiger partial charge in [-0.1, -0.05) is 57.4 Å². The molecule has 0 aromatic heterocycles. The van der Waals surface area contributed by atoms with Crippen molar-refractivity contribution >= 4 is 23.5 Å². The van der Waals surface area contributed by atoms with Crippen LogP contribution in [0.5, 0.6) is 11.5 Å². The number of hydrogen-bond acceptors (Lipinski definition) is 8. The number of rotatable bonds is 17. The summed E-state index contributed by atoms with van der Waals surface area (Å²) in [7, 11) is 1.68. The molecule has 2 aromatic carbocycles. The van der Waals surface area contributed by atoms with E-state index in [9.17, 15) is 18.8 Å². The zero-order valence-electron chi connectivity index (χ0n) is 29.9. The number of hydrogen-bond donors (Lipinski definition) is 0. The Balaban J connectivity index is 0.000000688. The van der Waals surface area contributed by atoms with Gasteiger partial charge in [-0.25, -0.2) is 14.4 Å². The smallest absolute Gasteiger partial charge is 0.366 e. The number of methoxy groups -OCH3 is 1. The summed E-state index contributed by atoms with van der Waals surface area (Å²) in [6.07, 6.45) is 16.8. The molecule has 2 aromatic rings. The Morgan fingerprint density at radius 3 is 2.02 bits per heavy atom. The van der Waals surface area contributed by atoms with Crippen molar-refractivity contribution in [3.8, 4) is 11.5 Å². The van der Waals surface area contributed by atoms with Gasteiger partial charge < -0.3 is 23.7 Å². The number of ether oxygens (including phenoxy) is 5. The van der Waals surface area contributed by atoms with E-state index in [4.69, 9.17) is 18.9 Å². The van der Waals surface area contributed by atoms with Crippen LogP contribution in [0.1, 0.15) is 81.1 Å². The Labute approximate surface area is 301 Å². The van der Waals surface area contributed by atoms with Crippen molar-refractivity contribution < 1.29 is 42.5 Å². The minimum Gasteiger partial charge on any atom is -0.497 e. The number of unbranched alkanes of at least 4 members (excludes halogenated alkanes) is 3. The number of allylic oxidation sites excluding steroid dienone is 8. The molecule has 1 unspecified atom stereocenters. The molecule has 0 N–H and O–H groups in total. The van der Waals surface area contributed by atoms with E-state index in [0.29, 0.717) is 36.7 Å². The number of esters is 3. The number of benzene rings is 2. The molecule has 0 fully saturated rings. The number of carbonyl (C=O) groups is 3. The fraction of sp³-hybridized carbons (Fsp3) is 0.357. The summed E-state index contributed by atoms with van der Waals surface area (Å²) in [6.45, 7) is 11.3. The molecule has 2 aliphatic carbocycles. The van der Waals surface area contributed by atoms with Gasteiger partial charge in [0.1, 0.15) is 17.3 Å². The molecule has 1 atom stereocenters. The van der Waals surface area contributed by atoms with Gasteiger partial charge in [-0.3, -0.25) is 0 Å². The molecular formula is C42H49FO8. The van der Waals surface area contributed by atoms with Crippen LogP contribution in [0, 0.1) is 5.92 Å². The summed E-state index contributed by atoms with van der Waals surface area (Å²) in [6, 6.07) is 15.3. The highest BCUT2D eigenvalue weighted by Gasteiger charge is 2.22. The second-order valence-corrected chi connectivity index (χ2v) is 12.1. The van der Waals surface area contributed by atoms with Crippen LogP contribution in [0.2, 0.25) is 0 Å². The molecule has 2 aliphatic rings. The molecule has 0 spiro atoms. The fourth-order valence-corrected chi connectivity index (χ4v) is 5.27. The third-order valence-electron chi connectivity index (χ3n) is 8.16. The van der Waals surface area contributed by atoms with Crippen molar-refractivity contribution in [2.24, 2.45) is 5.92 Å². The first-order chi connectivity index (χ1) is 24.6. The van der Waals surface area contributed by atoms with Crippen LogP contribution in [0.25, 0.3) is 5.57 Å². The summed E-state index contributed by atoms with van der Waals surface area (Å²) >= 11 is 0. The van der Waals surface area contributed by atoms with Crippen molar-refractivity contribution in [3.05, 3.63) is 126 Å². The molecule has 272 valence electrons. The molecule has 8 nitrogen and oxygen atoms in total. The first-order valence-corrected chi connectivity index (χ1v) is 17.4. The van der Waals surface area contributed by atoms with Gasteiger partial charge in [0.25, 0.3) is 0 Å². The van der Waals surface area contributed by atoms with E-state index in [1.54, 1.807) is 31.4 Å². The molecule has 9 heteroatoms. The van der Waals surface area contributed by atoms with Gasteiger partial charge in [0.15, 0.2) is 0 Å². The Hall–Kier alpha value is -5.18. The first kappa shape index (κ1) is 40.3. The third-order valence-corrected chi connectivity index (χ3v) is 8.16. The zero-order chi connectivity index (χ0) is 37.0. The van der Waals surface area contributed by atoms with Crippen molar-refractivity contribution in [2.45, 2.75) is 65.2 Å². The van der Waals surface area contributed by atoms with E-state index in [2.05, 4.69) is 55.2 Å². The standard InChI is InChI=1S/C36H40O6.C6H9FO2/c1-4-35(37)41-24-8-6-5-7-23-40-33-20-15-30(16-21-33)36(38)42-34-22-17-31(25-26(34)2)29-11-9-27(10-12-29)28-13-18-32(39-3)19-14-28;1-3-4-9-6(8)5(2)7/h4,9,11,13-22,26H,1,5-8,10,12,23-25H2,2-3H3;2-4H2,1H3. The Morgan fingerprint density at radius 1 is 0.804 bits per heavy atom. The molecule has 0 radical (unpaired) electrons. The van der Waals surface area contributed by atoms with Crippen LogP contribution in [0.15, 0.2) is 115 Å². The van der Waals surface area contributed by atoms with Crippen molar-refractivity contribution in [1.29, 1.82) is 0 Å². The summed E-state index contributed by atoms with van der Waals surface area (Å²) in [4.78, 5) is 34.0. The Morgan fingerprint density at radius 2 is 1.43 bits per heavy atom. The van der Waals surface area contributed by atoms with E-state index in [1.165, 1.54) is 28.4 Å². The average molecular weight is 701 g/mol. The van der Waals surface area contributed by atoms with Gasteiger partial charge in [-0.05, 0) is 116 Å². The van der Waals surface area contributed by atoms with Crippen LogP contribution in [0.4, 0.5) is 4.39 Å². The van der Waals surface area contributed by atoms with E-state index in [0.717, 1.165) is 50.7 Å². The maximum Gasteiger partial charge on any atom is 0.366 e. The van der Waals surface area contributed by atoms with Gasteiger partial charge in [-0.2, -0.15) is 4.39 Å². The van der Waals surface area contributed by atoms with Crippen LogP contribution in [-0.4, -0.2) is 44.8 Å². The molecule has 0 heterocycles. The molecular weight excluding hydrogens is 651 g/mol. The monoisotopic (exact) mass is 700 g/mol. The second-order valence-electron chi connectivity index (χ2n) is 12.1. The lowest BCUT2D eigenvalue weighted by Crippen LogP contribution is -2.14. The quantitative estimate of drug-likeness (QED) is 0.0697. The van der Waals surface area contributed by atoms with Gasteiger partial charge in [0.2, 0.25) is 5.83 Å². The van der Waals surface area contributed by atoms with Gasteiger partial charge in [0, 0.05) is 12.0 Å². The minimum absolute atomic E-state index is 0.110. The summed E-state index contributed by atoms with van der Waals surface area (Å²) in [5, 5.41) is 0. The highest BCUT2D eigenvalue weighted by Crippen LogP contribution is 2.36. The topological polar surface area (TPSA) is 97.4 Å². The number of carbonyl (C=O) groups excluding carboxylic acids is 3. The minimum atomic E-state index is -1.04. The highest BCUT2D eigenvalue weighted by molar-refractivity contribution is 5.90. The normalized spacial score (nSPS) is 14.9. The third kappa shape index (κ3) is 13.9. The molecule has 0 saturated heterocycles. The van der Waals surface area contributed by atoms with Gasteiger partial charge in [0.05, 0.1) is 32.5 Å². The molecule has 51 heavy (non-hydrogen) atoms. The lowest BCUT2D eigenvalue weighted by molar-refractivity contribution is -0.140. The predicted octanol–water partition coefficient (Wildman–Crippen LogP) is 9.60. The van der Waals surface area contributed by atoms with Crippen LogP contribution >= 0.6 is 0 Å². The Bertz CT molecular complexity index is 1610. The maximum absolute atomic E-state index is 12.8. The van der Waals surface area contributed by atoms with E-state index >= 15 is 0 Å². The van der Waals surface area contributed by atoms with E-state index in [-0.39, 0.29) is 24.5 Å². The van der Waals surface area contributed by atoms with E-state index < -0.39 is 11.8 Å². The molecule has 0 saturated carbocycles. The van der Waals surface area contributed by atoms with Gasteiger partial charge >= 0.3 is 17.9 Å². The maximum atomic E-state index is 12.8. The number of halogens is 1.